The molecular formula is C15H19N3O2S. The highest BCUT2D eigenvalue weighted by molar-refractivity contribution is 7.09. The quantitative estimate of drug-likeness (QED) is 0.804. The van der Waals surface area contributed by atoms with Crippen molar-refractivity contribution in [2.75, 3.05) is 17.7 Å². The van der Waals surface area contributed by atoms with Gasteiger partial charge in [0.2, 0.25) is 0 Å². The molecule has 0 bridgehead atoms. The van der Waals surface area contributed by atoms with Crippen LogP contribution >= 0.6 is 11.3 Å². The Balaban J connectivity index is 1.77. The van der Waals surface area contributed by atoms with Crippen molar-refractivity contribution in [2.45, 2.75) is 26.4 Å². The Morgan fingerprint density at radius 3 is 2.76 bits per heavy atom. The molecule has 0 spiro atoms. The first-order chi connectivity index (χ1) is 10.1. The summed E-state index contributed by atoms with van der Waals surface area (Å²) in [6.07, 6.45) is 0.270. The van der Waals surface area contributed by atoms with Gasteiger partial charge in [0, 0.05) is 22.7 Å². The van der Waals surface area contributed by atoms with Crippen molar-refractivity contribution in [3.05, 3.63) is 40.3 Å². The maximum Gasteiger partial charge on any atom is 0.253 e. The Bertz CT molecular complexity index is 595. The first-order valence-corrected chi connectivity index (χ1v) is 7.61. The van der Waals surface area contributed by atoms with Gasteiger partial charge in [0.25, 0.3) is 5.91 Å². The number of nitrogen functional groups attached to an aromatic ring is 1. The second-order valence-corrected chi connectivity index (χ2v) is 5.67. The van der Waals surface area contributed by atoms with Crippen molar-refractivity contribution in [1.82, 2.24) is 4.98 Å². The molecule has 0 saturated carbocycles. The number of aromatic nitrogens is 1. The fourth-order valence-electron chi connectivity index (χ4n) is 1.78. The molecule has 21 heavy (non-hydrogen) atoms. The normalized spacial score (nSPS) is 12.1. The van der Waals surface area contributed by atoms with E-state index >= 15 is 0 Å². The number of thiazole rings is 1. The van der Waals surface area contributed by atoms with Gasteiger partial charge in [-0.15, -0.1) is 11.3 Å². The summed E-state index contributed by atoms with van der Waals surface area (Å²) in [5.74, 6) is -0.166. The second-order valence-electron chi connectivity index (χ2n) is 4.74. The van der Waals surface area contributed by atoms with Crippen molar-refractivity contribution in [3.8, 4) is 0 Å². The zero-order chi connectivity index (χ0) is 15.2. The number of carbonyl (C=O) groups excluding carboxylic acids is 1. The lowest BCUT2D eigenvalue weighted by atomic mass is 10.2. The Labute approximate surface area is 128 Å². The second kappa shape index (κ2) is 7.19. The number of aryl methyl sites for hydroxylation is 1. The number of nitrogens with two attached hydrogens (primary N) is 1. The van der Waals surface area contributed by atoms with Crippen LogP contribution in [0.25, 0.3) is 0 Å². The molecule has 2 aromatic rings. The number of carbonyl (C=O) groups is 1. The van der Waals surface area contributed by atoms with Crippen LogP contribution in [0.4, 0.5) is 11.4 Å². The summed E-state index contributed by atoms with van der Waals surface area (Å²) >= 11 is 1.61. The van der Waals surface area contributed by atoms with Gasteiger partial charge in [0.05, 0.1) is 17.8 Å². The van der Waals surface area contributed by atoms with Crippen LogP contribution < -0.4 is 11.1 Å². The van der Waals surface area contributed by atoms with E-state index in [1.54, 1.807) is 42.5 Å². The molecule has 0 aliphatic rings. The summed E-state index contributed by atoms with van der Waals surface area (Å²) in [4.78, 5) is 17.4. The van der Waals surface area contributed by atoms with Gasteiger partial charge < -0.3 is 15.8 Å². The van der Waals surface area contributed by atoms with Crippen LogP contribution in [0, 0.1) is 6.92 Å². The van der Waals surface area contributed by atoms with E-state index in [0.29, 0.717) is 18.0 Å². The van der Waals surface area contributed by atoms with Crippen molar-refractivity contribution < 1.29 is 9.53 Å². The molecule has 1 amide bonds. The molecule has 0 fully saturated rings. The molecule has 1 aromatic heterocycles. The number of amides is 1. The van der Waals surface area contributed by atoms with E-state index in [9.17, 15) is 4.79 Å². The Morgan fingerprint density at radius 2 is 2.14 bits per heavy atom. The molecule has 1 heterocycles. The van der Waals surface area contributed by atoms with Gasteiger partial charge in [-0.3, -0.25) is 4.79 Å². The van der Waals surface area contributed by atoms with Crippen LogP contribution in [0.5, 0.6) is 0 Å². The van der Waals surface area contributed by atoms with Crippen LogP contribution in [-0.4, -0.2) is 23.6 Å². The number of nitrogens with one attached hydrogen (secondary N) is 1. The molecule has 0 radical (unpaired) electrons. The first-order valence-electron chi connectivity index (χ1n) is 6.73. The Hall–Kier alpha value is -1.92. The zero-order valence-corrected chi connectivity index (χ0v) is 12.9. The van der Waals surface area contributed by atoms with E-state index in [1.165, 1.54) is 4.88 Å². The van der Waals surface area contributed by atoms with Gasteiger partial charge >= 0.3 is 0 Å². The summed E-state index contributed by atoms with van der Waals surface area (Å²) in [6.45, 7) is 4.22. The molecule has 3 N–H and O–H groups in total. The molecule has 6 heteroatoms. The van der Waals surface area contributed by atoms with Crippen LogP contribution in [-0.2, 0) is 16.0 Å². The van der Waals surface area contributed by atoms with Crippen LogP contribution in [0.15, 0.2) is 29.8 Å². The highest BCUT2D eigenvalue weighted by atomic mass is 32.1. The van der Waals surface area contributed by atoms with Gasteiger partial charge in [-0.05, 0) is 38.1 Å². The molecule has 112 valence electrons. The predicted molar refractivity (Wildman–Crippen MR) is 85.5 cm³/mol. The number of anilines is 2. The maximum absolute atomic E-state index is 12.0. The summed E-state index contributed by atoms with van der Waals surface area (Å²) in [5.41, 5.74) is 9.83. The fourth-order valence-corrected chi connectivity index (χ4v) is 2.54. The number of benzene rings is 1. The zero-order valence-electron chi connectivity index (χ0n) is 12.1. The molecule has 1 atom stereocenters. The summed E-state index contributed by atoms with van der Waals surface area (Å²) in [7, 11) is 0. The number of rotatable bonds is 6. The van der Waals surface area contributed by atoms with Crippen molar-refractivity contribution in [1.29, 1.82) is 0 Å². The highest BCUT2D eigenvalue weighted by Gasteiger charge is 2.13. The minimum Gasteiger partial charge on any atom is -0.399 e. The van der Waals surface area contributed by atoms with Crippen molar-refractivity contribution in [2.24, 2.45) is 0 Å². The molecule has 1 unspecified atom stereocenters. The van der Waals surface area contributed by atoms with Crippen LogP contribution in [0.3, 0.4) is 0 Å². The lowest BCUT2D eigenvalue weighted by molar-refractivity contribution is -0.126. The van der Waals surface area contributed by atoms with Crippen LogP contribution in [0.2, 0.25) is 0 Å². The lowest BCUT2D eigenvalue weighted by Gasteiger charge is -2.13. The minimum atomic E-state index is -0.504. The fraction of sp³-hybridized carbons (Fsp3) is 0.333. The van der Waals surface area contributed by atoms with E-state index in [1.807, 2.05) is 12.4 Å². The minimum absolute atomic E-state index is 0.166. The average molecular weight is 305 g/mol. The average Bonchev–Trinajstić information content (AvgIpc) is 2.87. The van der Waals surface area contributed by atoms with E-state index in [-0.39, 0.29) is 5.91 Å². The molecule has 1 aromatic carbocycles. The molecule has 0 aliphatic carbocycles. The highest BCUT2D eigenvalue weighted by Crippen LogP contribution is 2.14. The largest absolute Gasteiger partial charge is 0.399 e. The van der Waals surface area contributed by atoms with E-state index in [4.69, 9.17) is 10.5 Å². The molecular weight excluding hydrogens is 286 g/mol. The number of hydrogen-bond donors (Lipinski definition) is 2. The van der Waals surface area contributed by atoms with E-state index in [2.05, 4.69) is 10.3 Å². The van der Waals surface area contributed by atoms with Gasteiger partial charge in [-0.2, -0.15) is 0 Å². The maximum atomic E-state index is 12.0. The van der Waals surface area contributed by atoms with Gasteiger partial charge in [0.15, 0.2) is 0 Å². The third-order valence-electron chi connectivity index (χ3n) is 3.09. The number of ether oxygens (including phenoxy) is 1. The number of nitrogens with zero attached hydrogens (tertiary/aromatic N) is 1. The molecule has 0 saturated heterocycles. The summed E-state index contributed by atoms with van der Waals surface area (Å²) < 4.78 is 5.57. The van der Waals surface area contributed by atoms with Gasteiger partial charge in [-0.25, -0.2) is 4.98 Å². The molecule has 2 rings (SSSR count). The topological polar surface area (TPSA) is 77.2 Å². The van der Waals surface area contributed by atoms with Crippen molar-refractivity contribution >= 4 is 28.6 Å². The first kappa shape index (κ1) is 15.5. The summed E-state index contributed by atoms with van der Waals surface area (Å²) in [6, 6.07) is 7.02. The lowest BCUT2D eigenvalue weighted by Crippen LogP contribution is -2.28. The summed E-state index contributed by atoms with van der Waals surface area (Å²) in [5, 5.41) is 2.79. The third-order valence-corrected chi connectivity index (χ3v) is 4.08. The van der Waals surface area contributed by atoms with Gasteiger partial charge in [0.1, 0.15) is 6.10 Å². The predicted octanol–water partition coefficient (Wildman–Crippen LogP) is 2.62. The van der Waals surface area contributed by atoms with E-state index in [0.717, 1.165) is 12.1 Å². The van der Waals surface area contributed by atoms with Crippen LogP contribution in [0.1, 0.15) is 17.5 Å². The monoisotopic (exact) mass is 305 g/mol. The Morgan fingerprint density at radius 1 is 1.43 bits per heavy atom. The standard InChI is InChI=1S/C15H19N3O2S/c1-10-14(21-9-17-10)7-8-20-11(2)15(19)18-13-5-3-12(16)4-6-13/h3-6,9,11H,7-8,16H2,1-2H3,(H,18,19). The smallest absolute Gasteiger partial charge is 0.253 e. The van der Waals surface area contributed by atoms with E-state index < -0.39 is 6.10 Å². The van der Waals surface area contributed by atoms with Crippen molar-refractivity contribution in [3.63, 3.8) is 0 Å². The van der Waals surface area contributed by atoms with Gasteiger partial charge in [-0.1, -0.05) is 0 Å². The SMILES string of the molecule is Cc1ncsc1CCOC(C)C(=O)Nc1ccc(N)cc1. The number of hydrogen-bond acceptors (Lipinski definition) is 5. The molecule has 0 aliphatic heterocycles. The third kappa shape index (κ3) is 4.54. The Kier molecular flexibility index (Phi) is 5.30. The molecule has 5 nitrogen and oxygen atoms in total.